The molecule has 1 unspecified atom stereocenters. The van der Waals surface area contributed by atoms with Gasteiger partial charge in [0, 0.05) is 16.1 Å². The molecule has 5 N–H and O–H groups in total. The van der Waals surface area contributed by atoms with Gasteiger partial charge in [0.1, 0.15) is 5.69 Å². The number of nitrogens with two attached hydrogens (primary N) is 2. The fraction of sp³-hybridized carbons (Fsp3) is 0.0556. The van der Waals surface area contributed by atoms with Gasteiger partial charge in [-0.3, -0.25) is 0 Å². The molecule has 0 spiro atoms. The van der Waals surface area contributed by atoms with Crippen molar-refractivity contribution < 1.29 is 14.3 Å². The lowest BCUT2D eigenvalue weighted by Gasteiger charge is -2.07. The van der Waals surface area contributed by atoms with Gasteiger partial charge in [-0.2, -0.15) is 0 Å². The van der Waals surface area contributed by atoms with E-state index in [1.807, 2.05) is 18.2 Å². The van der Waals surface area contributed by atoms with Crippen molar-refractivity contribution in [2.24, 2.45) is 16.5 Å². The topological polar surface area (TPSA) is 128 Å². The number of guanidine groups is 1. The number of oxazole rings is 1. The number of carboxylic acids is 1. The van der Waals surface area contributed by atoms with E-state index in [1.165, 1.54) is 0 Å². The van der Waals surface area contributed by atoms with Crippen LogP contribution in [0.5, 0.6) is 0 Å². The van der Waals surface area contributed by atoms with E-state index in [1.54, 1.807) is 36.4 Å². The van der Waals surface area contributed by atoms with Gasteiger partial charge in [0.05, 0.1) is 0 Å². The van der Waals surface area contributed by atoms with E-state index in [4.69, 9.17) is 27.5 Å². The SMILES string of the molecule is NC(N)=NC(C(=O)O)c1oc(-c2ccc(Cl)cc2)nc1-c1ccccc1. The average Bonchev–Trinajstić information content (AvgIpc) is 3.05. The van der Waals surface area contributed by atoms with Crippen molar-refractivity contribution in [1.29, 1.82) is 0 Å². The minimum atomic E-state index is -1.41. The molecule has 0 aliphatic carbocycles. The van der Waals surface area contributed by atoms with Crippen LogP contribution in [0.4, 0.5) is 0 Å². The van der Waals surface area contributed by atoms with Crippen molar-refractivity contribution in [2.45, 2.75) is 6.04 Å². The van der Waals surface area contributed by atoms with Crippen LogP contribution in [0.15, 0.2) is 64.0 Å². The van der Waals surface area contributed by atoms with Gasteiger partial charge < -0.3 is 21.0 Å². The summed E-state index contributed by atoms with van der Waals surface area (Å²) in [5.41, 5.74) is 12.4. The molecule has 1 heterocycles. The number of aromatic nitrogens is 1. The van der Waals surface area contributed by atoms with E-state index in [0.29, 0.717) is 21.8 Å². The fourth-order valence-electron chi connectivity index (χ4n) is 2.41. The van der Waals surface area contributed by atoms with E-state index < -0.39 is 12.0 Å². The number of carbonyl (C=O) groups is 1. The highest BCUT2D eigenvalue weighted by Gasteiger charge is 2.29. The third-order valence-corrected chi connectivity index (χ3v) is 3.80. The molecule has 132 valence electrons. The van der Waals surface area contributed by atoms with Gasteiger partial charge in [0.25, 0.3) is 0 Å². The smallest absolute Gasteiger partial charge is 0.336 e. The summed E-state index contributed by atoms with van der Waals surface area (Å²) in [5.74, 6) is -1.33. The van der Waals surface area contributed by atoms with Gasteiger partial charge in [-0.05, 0) is 24.3 Å². The number of hydrogen-bond donors (Lipinski definition) is 3. The first-order chi connectivity index (χ1) is 12.5. The zero-order valence-electron chi connectivity index (χ0n) is 13.5. The van der Waals surface area contributed by atoms with Crippen molar-refractivity contribution in [3.05, 3.63) is 65.4 Å². The minimum absolute atomic E-state index is 0.0436. The lowest BCUT2D eigenvalue weighted by atomic mass is 10.1. The molecule has 0 aliphatic heterocycles. The van der Waals surface area contributed by atoms with Gasteiger partial charge in [-0.25, -0.2) is 14.8 Å². The predicted molar refractivity (Wildman–Crippen MR) is 98.6 cm³/mol. The Kier molecular flexibility index (Phi) is 4.90. The maximum atomic E-state index is 11.7. The standard InChI is InChI=1S/C18H15ClN4O3/c19-12-8-6-11(7-9-12)16-22-13(10-4-2-1-3-5-10)15(26-16)14(17(24)25)23-18(20)21/h1-9,14H,(H,24,25)(H4,20,21,23). The predicted octanol–water partition coefficient (Wildman–Crippen LogP) is 3.06. The first kappa shape index (κ1) is 17.5. The second-order valence-corrected chi connectivity index (χ2v) is 5.84. The Morgan fingerprint density at radius 2 is 1.73 bits per heavy atom. The van der Waals surface area contributed by atoms with Crippen molar-refractivity contribution in [2.75, 3.05) is 0 Å². The first-order valence-electron chi connectivity index (χ1n) is 7.59. The molecule has 0 radical (unpaired) electrons. The van der Waals surface area contributed by atoms with E-state index in [2.05, 4.69) is 9.98 Å². The Labute approximate surface area is 153 Å². The molecule has 0 bridgehead atoms. The molecule has 0 saturated heterocycles. The monoisotopic (exact) mass is 370 g/mol. The zero-order chi connectivity index (χ0) is 18.7. The lowest BCUT2D eigenvalue weighted by molar-refractivity contribution is -0.138. The van der Waals surface area contributed by atoms with Crippen LogP contribution in [0.1, 0.15) is 11.8 Å². The summed E-state index contributed by atoms with van der Waals surface area (Å²) in [6.07, 6.45) is 0. The van der Waals surface area contributed by atoms with Crippen LogP contribution in [0, 0.1) is 0 Å². The summed E-state index contributed by atoms with van der Waals surface area (Å²) in [6, 6.07) is 14.5. The fourth-order valence-corrected chi connectivity index (χ4v) is 2.54. The molecule has 8 heteroatoms. The van der Waals surface area contributed by atoms with Gasteiger partial charge >= 0.3 is 5.97 Å². The quantitative estimate of drug-likeness (QED) is 0.467. The molecule has 2 aromatic carbocycles. The van der Waals surface area contributed by atoms with Crippen LogP contribution in [0.25, 0.3) is 22.7 Å². The number of carboxylic acid groups (broad SMARTS) is 1. The highest BCUT2D eigenvalue weighted by atomic mass is 35.5. The molecule has 3 rings (SSSR count). The van der Waals surface area contributed by atoms with E-state index in [9.17, 15) is 9.90 Å². The Morgan fingerprint density at radius 1 is 1.08 bits per heavy atom. The summed E-state index contributed by atoms with van der Waals surface area (Å²) in [5, 5.41) is 10.1. The van der Waals surface area contributed by atoms with Gasteiger partial charge in [0.2, 0.25) is 11.9 Å². The largest absolute Gasteiger partial charge is 0.479 e. The Balaban J connectivity index is 2.19. The van der Waals surface area contributed by atoms with Crippen molar-refractivity contribution in [3.8, 4) is 22.7 Å². The number of halogens is 1. The highest BCUT2D eigenvalue weighted by molar-refractivity contribution is 6.30. The van der Waals surface area contributed by atoms with Crippen LogP contribution in [-0.2, 0) is 4.79 Å². The van der Waals surface area contributed by atoms with E-state index in [-0.39, 0.29) is 17.6 Å². The molecular weight excluding hydrogens is 356 g/mol. The third-order valence-electron chi connectivity index (χ3n) is 3.55. The average molecular weight is 371 g/mol. The summed E-state index contributed by atoms with van der Waals surface area (Å²) in [7, 11) is 0. The van der Waals surface area contributed by atoms with E-state index in [0.717, 1.165) is 0 Å². The molecule has 3 aromatic rings. The number of aliphatic carboxylic acids is 1. The first-order valence-corrected chi connectivity index (χ1v) is 7.97. The number of rotatable bonds is 5. The minimum Gasteiger partial charge on any atom is -0.479 e. The number of benzene rings is 2. The highest BCUT2D eigenvalue weighted by Crippen LogP contribution is 2.34. The Hall–Kier alpha value is -3.32. The Morgan fingerprint density at radius 3 is 2.31 bits per heavy atom. The lowest BCUT2D eigenvalue weighted by Crippen LogP contribution is -2.25. The van der Waals surface area contributed by atoms with Crippen LogP contribution in [0.3, 0.4) is 0 Å². The van der Waals surface area contributed by atoms with Gasteiger partial charge in [-0.15, -0.1) is 0 Å². The molecule has 26 heavy (non-hydrogen) atoms. The molecule has 0 amide bonds. The molecular formula is C18H15ClN4O3. The second kappa shape index (κ2) is 7.28. The summed E-state index contributed by atoms with van der Waals surface area (Å²) in [4.78, 5) is 19.9. The number of nitrogens with zero attached hydrogens (tertiary/aromatic N) is 2. The summed E-state index contributed by atoms with van der Waals surface area (Å²) < 4.78 is 5.77. The van der Waals surface area contributed by atoms with Crippen LogP contribution < -0.4 is 11.5 Å². The maximum Gasteiger partial charge on any atom is 0.336 e. The van der Waals surface area contributed by atoms with Crippen molar-refractivity contribution in [3.63, 3.8) is 0 Å². The van der Waals surface area contributed by atoms with E-state index >= 15 is 0 Å². The Bertz CT molecular complexity index is 948. The summed E-state index contributed by atoms with van der Waals surface area (Å²) in [6.45, 7) is 0. The molecule has 7 nitrogen and oxygen atoms in total. The molecule has 1 aromatic heterocycles. The van der Waals surface area contributed by atoms with Crippen molar-refractivity contribution >= 4 is 23.5 Å². The molecule has 0 saturated carbocycles. The number of hydrogen-bond acceptors (Lipinski definition) is 4. The molecule has 0 fully saturated rings. The van der Waals surface area contributed by atoms with Gasteiger partial charge in [-0.1, -0.05) is 41.9 Å². The van der Waals surface area contributed by atoms with Crippen LogP contribution in [0.2, 0.25) is 5.02 Å². The zero-order valence-corrected chi connectivity index (χ0v) is 14.2. The van der Waals surface area contributed by atoms with Gasteiger partial charge in [0.15, 0.2) is 11.7 Å². The maximum absolute atomic E-state index is 11.7. The second-order valence-electron chi connectivity index (χ2n) is 5.40. The van der Waals surface area contributed by atoms with Crippen LogP contribution >= 0.6 is 11.6 Å². The normalized spacial score (nSPS) is 11.7. The third kappa shape index (κ3) is 3.68. The molecule has 0 aliphatic rings. The van der Waals surface area contributed by atoms with Crippen molar-refractivity contribution in [1.82, 2.24) is 4.98 Å². The number of aliphatic imine (C=N–C) groups is 1. The summed E-state index contributed by atoms with van der Waals surface area (Å²) >= 11 is 5.91. The molecule has 1 atom stereocenters. The van der Waals surface area contributed by atoms with Crippen LogP contribution in [-0.4, -0.2) is 22.0 Å².